The third kappa shape index (κ3) is 5.54. The summed E-state index contributed by atoms with van der Waals surface area (Å²) in [5, 5.41) is 7.82. The van der Waals surface area contributed by atoms with Gasteiger partial charge in [0.2, 0.25) is 11.8 Å². The highest BCUT2D eigenvalue weighted by Crippen LogP contribution is 2.13. The van der Waals surface area contributed by atoms with Gasteiger partial charge < -0.3 is 20.4 Å². The molecule has 3 N–H and O–H groups in total. The molecule has 2 rings (SSSR count). The molecular weight excluding hydrogens is 378 g/mol. The van der Waals surface area contributed by atoms with E-state index in [1.165, 1.54) is 13.0 Å². The molecule has 0 aliphatic rings. The molecule has 24 heavy (non-hydrogen) atoms. The lowest BCUT2D eigenvalue weighted by atomic mass is 10.2. The van der Waals surface area contributed by atoms with Crippen molar-refractivity contribution < 1.29 is 18.8 Å². The zero-order chi connectivity index (χ0) is 17.5. The van der Waals surface area contributed by atoms with Gasteiger partial charge in [-0.2, -0.15) is 0 Å². The first-order valence-electron chi connectivity index (χ1n) is 7.11. The Labute approximate surface area is 146 Å². The van der Waals surface area contributed by atoms with Gasteiger partial charge in [-0.25, -0.2) is 0 Å². The number of hydrogen-bond acceptors (Lipinski definition) is 4. The molecule has 1 aromatic heterocycles. The molecule has 2 aromatic rings. The summed E-state index contributed by atoms with van der Waals surface area (Å²) in [5.74, 6) is -0.797. The first-order chi connectivity index (χ1) is 11.4. The first-order valence-corrected chi connectivity index (χ1v) is 7.90. The molecule has 8 heteroatoms. The van der Waals surface area contributed by atoms with Crippen LogP contribution in [-0.2, 0) is 16.1 Å². The van der Waals surface area contributed by atoms with Crippen molar-refractivity contribution in [2.45, 2.75) is 13.5 Å². The molecule has 0 spiro atoms. The Kier molecular flexibility index (Phi) is 6.14. The highest BCUT2D eigenvalue weighted by molar-refractivity contribution is 9.10. The van der Waals surface area contributed by atoms with Crippen molar-refractivity contribution in [2.24, 2.45) is 0 Å². The lowest BCUT2D eigenvalue weighted by molar-refractivity contribution is -0.120. The maximum absolute atomic E-state index is 11.7. The maximum atomic E-state index is 11.7. The molecule has 0 bridgehead atoms. The van der Waals surface area contributed by atoms with Crippen molar-refractivity contribution in [3.05, 3.63) is 52.4 Å². The molecule has 0 radical (unpaired) electrons. The van der Waals surface area contributed by atoms with E-state index in [4.69, 9.17) is 4.42 Å². The molecule has 0 fully saturated rings. The predicted molar refractivity (Wildman–Crippen MR) is 91.3 cm³/mol. The number of carbonyl (C=O) groups is 3. The van der Waals surface area contributed by atoms with Gasteiger partial charge in [0.1, 0.15) is 0 Å². The minimum Gasteiger partial charge on any atom is -0.444 e. The van der Waals surface area contributed by atoms with Gasteiger partial charge in [-0.05, 0) is 45.8 Å². The third-order valence-corrected chi connectivity index (χ3v) is 3.40. The summed E-state index contributed by atoms with van der Waals surface area (Å²) in [7, 11) is 0. The van der Waals surface area contributed by atoms with Crippen LogP contribution < -0.4 is 16.0 Å². The zero-order valence-electron chi connectivity index (χ0n) is 12.9. The summed E-state index contributed by atoms with van der Waals surface area (Å²) in [5.41, 5.74) is 1.56. The lowest BCUT2D eigenvalue weighted by Gasteiger charge is -2.07. The van der Waals surface area contributed by atoms with Crippen LogP contribution in [0.5, 0.6) is 0 Å². The van der Waals surface area contributed by atoms with Crippen LogP contribution in [0.2, 0.25) is 0 Å². The Balaban J connectivity index is 1.74. The van der Waals surface area contributed by atoms with E-state index in [-0.39, 0.29) is 24.1 Å². The maximum Gasteiger partial charge on any atom is 0.287 e. The number of carbonyl (C=O) groups excluding carboxylic acids is 3. The minimum absolute atomic E-state index is 0.128. The van der Waals surface area contributed by atoms with E-state index >= 15 is 0 Å². The Bertz CT molecular complexity index is 740. The van der Waals surface area contributed by atoms with E-state index in [1.807, 2.05) is 0 Å². The Morgan fingerprint density at radius 3 is 2.33 bits per heavy atom. The molecule has 7 nitrogen and oxygen atoms in total. The normalized spacial score (nSPS) is 10.1. The molecular formula is C16H16BrN3O4. The van der Waals surface area contributed by atoms with Gasteiger partial charge in [0.15, 0.2) is 10.4 Å². The summed E-state index contributed by atoms with van der Waals surface area (Å²) in [6, 6.07) is 10.2. The summed E-state index contributed by atoms with van der Waals surface area (Å²) in [6.07, 6.45) is 0. The molecule has 1 heterocycles. The van der Waals surface area contributed by atoms with Crippen molar-refractivity contribution in [1.82, 2.24) is 10.6 Å². The van der Waals surface area contributed by atoms with Crippen molar-refractivity contribution in [2.75, 3.05) is 11.9 Å². The van der Waals surface area contributed by atoms with Crippen molar-refractivity contribution in [3.8, 4) is 0 Å². The zero-order valence-corrected chi connectivity index (χ0v) is 14.5. The van der Waals surface area contributed by atoms with Crippen molar-refractivity contribution in [1.29, 1.82) is 0 Å². The third-order valence-electron chi connectivity index (χ3n) is 2.97. The van der Waals surface area contributed by atoms with Crippen molar-refractivity contribution >= 4 is 39.3 Å². The van der Waals surface area contributed by atoms with E-state index in [0.29, 0.717) is 16.9 Å². The molecule has 1 aromatic carbocycles. The number of halogens is 1. The van der Waals surface area contributed by atoms with E-state index < -0.39 is 5.91 Å². The quantitative estimate of drug-likeness (QED) is 0.698. The van der Waals surface area contributed by atoms with Gasteiger partial charge in [-0.15, -0.1) is 0 Å². The highest BCUT2D eigenvalue weighted by atomic mass is 79.9. The number of amides is 3. The van der Waals surface area contributed by atoms with Gasteiger partial charge in [0, 0.05) is 19.2 Å². The standard InChI is InChI=1S/C16H16BrN3O4/c1-10(21)20-12-4-2-11(3-5-12)8-18-15(22)9-19-16(23)13-6-7-14(17)24-13/h2-7H,8-9H2,1H3,(H,18,22)(H,19,23)(H,20,21). The number of benzene rings is 1. The number of anilines is 1. The Morgan fingerprint density at radius 1 is 1.04 bits per heavy atom. The van der Waals surface area contributed by atoms with Crippen LogP contribution >= 0.6 is 15.9 Å². The minimum atomic E-state index is -0.462. The molecule has 3 amide bonds. The van der Waals surface area contributed by atoms with Crippen LogP contribution in [0, 0.1) is 0 Å². The predicted octanol–water partition coefficient (Wildman–Crippen LogP) is 2.05. The van der Waals surface area contributed by atoms with Crippen LogP contribution in [0.4, 0.5) is 5.69 Å². The van der Waals surface area contributed by atoms with E-state index in [9.17, 15) is 14.4 Å². The summed E-state index contributed by atoms with van der Waals surface area (Å²) in [4.78, 5) is 34.4. The molecule has 126 valence electrons. The Morgan fingerprint density at radius 2 is 1.75 bits per heavy atom. The topological polar surface area (TPSA) is 100 Å². The van der Waals surface area contributed by atoms with Crippen LogP contribution in [0.15, 0.2) is 45.5 Å². The summed E-state index contributed by atoms with van der Waals surface area (Å²) >= 11 is 3.10. The lowest BCUT2D eigenvalue weighted by Crippen LogP contribution is -2.36. The fourth-order valence-corrected chi connectivity index (χ4v) is 2.16. The van der Waals surface area contributed by atoms with Crippen LogP contribution in [0.3, 0.4) is 0 Å². The van der Waals surface area contributed by atoms with E-state index in [2.05, 4.69) is 31.9 Å². The largest absolute Gasteiger partial charge is 0.444 e. The molecule has 0 saturated carbocycles. The van der Waals surface area contributed by atoms with Gasteiger partial charge >= 0.3 is 0 Å². The second-order valence-corrected chi connectivity index (χ2v) is 5.72. The molecule has 0 aliphatic carbocycles. The molecule has 0 saturated heterocycles. The highest BCUT2D eigenvalue weighted by Gasteiger charge is 2.11. The number of hydrogen-bond donors (Lipinski definition) is 3. The smallest absolute Gasteiger partial charge is 0.287 e. The van der Waals surface area contributed by atoms with Crippen LogP contribution in [0.1, 0.15) is 23.0 Å². The van der Waals surface area contributed by atoms with Gasteiger partial charge in [-0.3, -0.25) is 14.4 Å². The average molecular weight is 394 g/mol. The van der Waals surface area contributed by atoms with Crippen LogP contribution in [-0.4, -0.2) is 24.3 Å². The second-order valence-electron chi connectivity index (χ2n) is 4.94. The summed E-state index contributed by atoms with van der Waals surface area (Å²) in [6.45, 7) is 1.60. The molecule has 0 unspecified atom stereocenters. The van der Waals surface area contributed by atoms with Crippen molar-refractivity contribution in [3.63, 3.8) is 0 Å². The SMILES string of the molecule is CC(=O)Nc1ccc(CNC(=O)CNC(=O)c2ccc(Br)o2)cc1. The van der Waals surface area contributed by atoms with Crippen LogP contribution in [0.25, 0.3) is 0 Å². The fraction of sp³-hybridized carbons (Fsp3) is 0.188. The molecule has 0 atom stereocenters. The Hall–Kier alpha value is -2.61. The molecule has 0 aliphatic heterocycles. The van der Waals surface area contributed by atoms with E-state index in [1.54, 1.807) is 30.3 Å². The van der Waals surface area contributed by atoms with Gasteiger partial charge in [0.05, 0.1) is 6.54 Å². The number of rotatable bonds is 6. The number of furan rings is 1. The average Bonchev–Trinajstić information content (AvgIpc) is 2.98. The van der Waals surface area contributed by atoms with E-state index in [0.717, 1.165) is 5.56 Å². The number of nitrogens with one attached hydrogen (secondary N) is 3. The second kappa shape index (κ2) is 8.30. The fourth-order valence-electron chi connectivity index (χ4n) is 1.86. The summed E-state index contributed by atoms with van der Waals surface area (Å²) < 4.78 is 5.53. The first kappa shape index (κ1) is 17.7. The van der Waals surface area contributed by atoms with Gasteiger partial charge in [0.25, 0.3) is 5.91 Å². The monoisotopic (exact) mass is 393 g/mol. The van der Waals surface area contributed by atoms with Gasteiger partial charge in [-0.1, -0.05) is 12.1 Å².